The van der Waals surface area contributed by atoms with Crippen LogP contribution in [-0.2, 0) is 9.47 Å². The fraction of sp³-hybridized carbons (Fsp3) is 0.526. The summed E-state index contributed by atoms with van der Waals surface area (Å²) in [5, 5.41) is 0. The summed E-state index contributed by atoms with van der Waals surface area (Å²) >= 11 is 0. The van der Waals surface area contributed by atoms with Gasteiger partial charge in [0.25, 0.3) is 0 Å². The fourth-order valence-corrected chi connectivity index (χ4v) is 3.30. The van der Waals surface area contributed by atoms with E-state index in [1.54, 1.807) is 31.7 Å². The summed E-state index contributed by atoms with van der Waals surface area (Å²) in [5.41, 5.74) is 0.887. The Morgan fingerprint density at radius 3 is 2.59 bits per heavy atom. The molecule has 1 aromatic carbocycles. The predicted octanol–water partition coefficient (Wildman–Crippen LogP) is 4.38. The van der Waals surface area contributed by atoms with Crippen molar-refractivity contribution in [2.75, 3.05) is 13.2 Å². The topological polar surface area (TPSA) is 48.0 Å². The summed E-state index contributed by atoms with van der Waals surface area (Å²) in [5.74, 6) is -0.267. The number of fused-ring (bicyclic) bond motifs is 2. The zero-order valence-corrected chi connectivity index (χ0v) is 15.4. The van der Waals surface area contributed by atoms with Gasteiger partial charge in [0.15, 0.2) is 0 Å². The third-order valence-electron chi connectivity index (χ3n) is 4.24. The van der Waals surface area contributed by atoms with E-state index in [-0.39, 0.29) is 17.8 Å². The van der Waals surface area contributed by atoms with E-state index in [1.165, 1.54) is 18.2 Å². The van der Waals surface area contributed by atoms with Crippen LogP contribution in [0.4, 0.5) is 18.0 Å². The highest BCUT2D eigenvalue weighted by molar-refractivity contribution is 5.75. The van der Waals surface area contributed by atoms with Gasteiger partial charge < -0.3 is 14.2 Å². The SMILES string of the molecule is CC(C)(C)OC(=O)N1C2C=C(c3cccc(OC(F)(F)F)c3)CC1COC2. The number of alkyl halides is 3. The van der Waals surface area contributed by atoms with Gasteiger partial charge in [0, 0.05) is 0 Å². The summed E-state index contributed by atoms with van der Waals surface area (Å²) < 4.78 is 52.4. The molecule has 0 spiro atoms. The molecule has 2 unspecified atom stereocenters. The van der Waals surface area contributed by atoms with Crippen LogP contribution in [0.25, 0.3) is 5.57 Å². The number of benzene rings is 1. The molecule has 2 atom stereocenters. The first kappa shape index (κ1) is 19.5. The molecule has 1 saturated heterocycles. The number of nitrogens with zero attached hydrogens (tertiary/aromatic N) is 1. The van der Waals surface area contributed by atoms with E-state index in [2.05, 4.69) is 4.74 Å². The van der Waals surface area contributed by atoms with Gasteiger partial charge in [-0.1, -0.05) is 18.2 Å². The first-order chi connectivity index (χ1) is 12.5. The highest BCUT2D eigenvalue weighted by Crippen LogP contribution is 2.35. The quantitative estimate of drug-likeness (QED) is 0.758. The molecular weight excluding hydrogens is 363 g/mol. The Morgan fingerprint density at radius 1 is 1.22 bits per heavy atom. The maximum atomic E-state index is 12.6. The highest BCUT2D eigenvalue weighted by Gasteiger charge is 2.40. The zero-order valence-electron chi connectivity index (χ0n) is 15.4. The number of halogens is 3. The molecule has 0 aromatic heterocycles. The van der Waals surface area contributed by atoms with Crippen LogP contribution in [0.1, 0.15) is 32.8 Å². The van der Waals surface area contributed by atoms with Gasteiger partial charge in [-0.15, -0.1) is 13.2 Å². The van der Waals surface area contributed by atoms with Crippen molar-refractivity contribution in [2.24, 2.45) is 0 Å². The molecule has 1 fully saturated rings. The van der Waals surface area contributed by atoms with Crippen LogP contribution in [0.2, 0.25) is 0 Å². The van der Waals surface area contributed by atoms with Gasteiger partial charge in [-0.3, -0.25) is 4.90 Å². The lowest BCUT2D eigenvalue weighted by molar-refractivity contribution is -0.274. The number of amides is 1. The number of hydrogen-bond acceptors (Lipinski definition) is 4. The lowest BCUT2D eigenvalue weighted by Gasteiger charge is -2.44. The molecule has 5 nitrogen and oxygen atoms in total. The van der Waals surface area contributed by atoms with Crippen molar-refractivity contribution in [2.45, 2.75) is 51.2 Å². The van der Waals surface area contributed by atoms with Gasteiger partial charge in [-0.2, -0.15) is 0 Å². The third-order valence-corrected chi connectivity index (χ3v) is 4.24. The normalized spacial score (nSPS) is 22.9. The summed E-state index contributed by atoms with van der Waals surface area (Å²) in [6.45, 7) is 6.07. The lowest BCUT2D eigenvalue weighted by atomic mass is 9.90. The van der Waals surface area contributed by atoms with Crippen molar-refractivity contribution in [1.82, 2.24) is 4.90 Å². The molecule has 1 amide bonds. The first-order valence-corrected chi connectivity index (χ1v) is 8.68. The van der Waals surface area contributed by atoms with Gasteiger partial charge in [0.2, 0.25) is 0 Å². The Hall–Kier alpha value is -2.22. The number of hydrogen-bond donors (Lipinski definition) is 0. The summed E-state index contributed by atoms with van der Waals surface area (Å²) in [7, 11) is 0. The number of ether oxygens (including phenoxy) is 3. The number of carbonyl (C=O) groups excluding carboxylic acids is 1. The van der Waals surface area contributed by atoms with Gasteiger partial charge in [-0.05, 0) is 50.5 Å². The maximum absolute atomic E-state index is 12.6. The van der Waals surface area contributed by atoms with Crippen LogP contribution in [-0.4, -0.2) is 48.3 Å². The van der Waals surface area contributed by atoms with Crippen molar-refractivity contribution < 1.29 is 32.2 Å². The maximum Gasteiger partial charge on any atom is 0.573 e. The van der Waals surface area contributed by atoms with E-state index in [4.69, 9.17) is 9.47 Å². The van der Waals surface area contributed by atoms with Crippen LogP contribution in [0.3, 0.4) is 0 Å². The molecule has 2 aliphatic heterocycles. The molecular formula is C19H22F3NO4. The summed E-state index contributed by atoms with van der Waals surface area (Å²) in [6.07, 6.45) is -2.83. The van der Waals surface area contributed by atoms with E-state index in [1.807, 2.05) is 6.08 Å². The molecule has 148 valence electrons. The van der Waals surface area contributed by atoms with Crippen molar-refractivity contribution in [3.8, 4) is 5.75 Å². The van der Waals surface area contributed by atoms with E-state index >= 15 is 0 Å². The van der Waals surface area contributed by atoms with Crippen molar-refractivity contribution in [1.29, 1.82) is 0 Å². The second-order valence-corrected chi connectivity index (χ2v) is 7.62. The molecule has 3 rings (SSSR count). The van der Waals surface area contributed by atoms with Crippen molar-refractivity contribution in [3.63, 3.8) is 0 Å². The predicted molar refractivity (Wildman–Crippen MR) is 92.2 cm³/mol. The monoisotopic (exact) mass is 385 g/mol. The molecule has 0 radical (unpaired) electrons. The summed E-state index contributed by atoms with van der Waals surface area (Å²) in [4.78, 5) is 14.2. The van der Waals surface area contributed by atoms with Crippen LogP contribution < -0.4 is 4.74 Å². The Labute approximate surface area is 155 Å². The van der Waals surface area contributed by atoms with Gasteiger partial charge in [-0.25, -0.2) is 4.79 Å². The second-order valence-electron chi connectivity index (χ2n) is 7.62. The standard InChI is InChI=1S/C19H22F3NO4/c1-18(2,3)27-17(24)23-14-7-13(8-15(23)11-25-10-14)12-5-4-6-16(9-12)26-19(20,21)22/h4-7,9,14-15H,8,10-11H2,1-3H3. The largest absolute Gasteiger partial charge is 0.573 e. The van der Waals surface area contributed by atoms with Crippen LogP contribution in [0.15, 0.2) is 30.3 Å². The van der Waals surface area contributed by atoms with Crippen LogP contribution in [0, 0.1) is 0 Å². The minimum atomic E-state index is -4.74. The molecule has 0 saturated carbocycles. The van der Waals surface area contributed by atoms with Crippen molar-refractivity contribution >= 4 is 11.7 Å². The minimum absolute atomic E-state index is 0.231. The van der Waals surface area contributed by atoms with E-state index in [9.17, 15) is 18.0 Å². The van der Waals surface area contributed by atoms with Gasteiger partial charge in [0.1, 0.15) is 11.4 Å². The molecule has 2 aliphatic rings. The minimum Gasteiger partial charge on any atom is -0.444 e. The molecule has 0 N–H and O–H groups in total. The molecule has 0 aliphatic carbocycles. The number of morpholine rings is 1. The van der Waals surface area contributed by atoms with Crippen molar-refractivity contribution in [3.05, 3.63) is 35.9 Å². The van der Waals surface area contributed by atoms with Crippen LogP contribution >= 0.6 is 0 Å². The van der Waals surface area contributed by atoms with E-state index < -0.39 is 18.1 Å². The lowest BCUT2D eigenvalue weighted by Crippen LogP contribution is -2.57. The number of carbonyl (C=O) groups is 1. The fourth-order valence-electron chi connectivity index (χ4n) is 3.30. The third kappa shape index (κ3) is 4.94. The van der Waals surface area contributed by atoms with Gasteiger partial charge >= 0.3 is 12.5 Å². The molecule has 27 heavy (non-hydrogen) atoms. The first-order valence-electron chi connectivity index (χ1n) is 8.68. The molecule has 2 bridgehead atoms. The molecule has 1 aromatic rings. The Bertz CT molecular complexity index is 739. The number of rotatable bonds is 2. The van der Waals surface area contributed by atoms with Gasteiger partial charge in [0.05, 0.1) is 25.3 Å². The average molecular weight is 385 g/mol. The van der Waals surface area contributed by atoms with Crippen LogP contribution in [0.5, 0.6) is 5.75 Å². The Morgan fingerprint density at radius 2 is 1.96 bits per heavy atom. The Kier molecular flexibility index (Phi) is 5.12. The molecule has 8 heteroatoms. The Balaban J connectivity index is 1.83. The molecule has 2 heterocycles. The highest BCUT2D eigenvalue weighted by atomic mass is 19.4. The second kappa shape index (κ2) is 7.07. The summed E-state index contributed by atoms with van der Waals surface area (Å²) in [6, 6.07) is 5.31. The smallest absolute Gasteiger partial charge is 0.444 e. The van der Waals surface area contributed by atoms with E-state index in [0.717, 1.165) is 5.57 Å². The average Bonchev–Trinajstić information content (AvgIpc) is 2.50. The zero-order chi connectivity index (χ0) is 19.8. The van der Waals surface area contributed by atoms with E-state index in [0.29, 0.717) is 25.2 Å².